The number of amides is 2. The number of rotatable bonds is 4. The van der Waals surface area contributed by atoms with Gasteiger partial charge in [0.25, 0.3) is 0 Å². The zero-order chi connectivity index (χ0) is 13.1. The Morgan fingerprint density at radius 2 is 2.18 bits per heavy atom. The van der Waals surface area contributed by atoms with Gasteiger partial charge in [-0.2, -0.15) is 0 Å². The van der Waals surface area contributed by atoms with Gasteiger partial charge in [-0.05, 0) is 25.7 Å². The second kappa shape index (κ2) is 5.49. The molecule has 3 unspecified atom stereocenters. The van der Waals surface area contributed by atoms with Gasteiger partial charge in [-0.3, -0.25) is 9.59 Å². The molecule has 0 aromatic rings. The Morgan fingerprint density at radius 3 is 2.71 bits per heavy atom. The molecule has 0 aromatic carbocycles. The topological polar surface area (TPSA) is 98.2 Å². The van der Waals surface area contributed by atoms with Crippen LogP contribution in [0.15, 0.2) is 0 Å². The highest BCUT2D eigenvalue weighted by molar-refractivity contribution is 5.87. The Balaban J connectivity index is 2.53. The SMILES string of the molecule is CC1CCCC(N)(C(=O)NC(C)CC(N)=O)C1. The van der Waals surface area contributed by atoms with Crippen molar-refractivity contribution in [3.63, 3.8) is 0 Å². The molecule has 0 bridgehead atoms. The smallest absolute Gasteiger partial charge is 0.240 e. The summed E-state index contributed by atoms with van der Waals surface area (Å²) < 4.78 is 0. The van der Waals surface area contributed by atoms with Crippen LogP contribution < -0.4 is 16.8 Å². The lowest BCUT2D eigenvalue weighted by atomic mass is 9.76. The zero-order valence-electron chi connectivity index (χ0n) is 10.7. The van der Waals surface area contributed by atoms with E-state index in [0.29, 0.717) is 18.8 Å². The number of carbonyl (C=O) groups is 2. The van der Waals surface area contributed by atoms with Gasteiger partial charge in [-0.15, -0.1) is 0 Å². The Kier molecular flexibility index (Phi) is 4.51. The van der Waals surface area contributed by atoms with Gasteiger partial charge in [0.1, 0.15) is 0 Å². The molecule has 1 aliphatic carbocycles. The van der Waals surface area contributed by atoms with Crippen molar-refractivity contribution in [2.24, 2.45) is 17.4 Å². The van der Waals surface area contributed by atoms with Gasteiger partial charge in [0, 0.05) is 12.5 Å². The summed E-state index contributed by atoms with van der Waals surface area (Å²) in [7, 11) is 0. The fourth-order valence-electron chi connectivity index (χ4n) is 2.52. The summed E-state index contributed by atoms with van der Waals surface area (Å²) >= 11 is 0. The minimum Gasteiger partial charge on any atom is -0.370 e. The van der Waals surface area contributed by atoms with Crippen molar-refractivity contribution in [3.05, 3.63) is 0 Å². The molecule has 1 rings (SSSR count). The first-order valence-corrected chi connectivity index (χ1v) is 6.21. The highest BCUT2D eigenvalue weighted by atomic mass is 16.2. The van der Waals surface area contributed by atoms with Gasteiger partial charge in [0.2, 0.25) is 11.8 Å². The van der Waals surface area contributed by atoms with E-state index < -0.39 is 11.4 Å². The van der Waals surface area contributed by atoms with Crippen LogP contribution in [0.1, 0.15) is 46.0 Å². The first kappa shape index (κ1) is 14.0. The van der Waals surface area contributed by atoms with E-state index in [0.717, 1.165) is 12.8 Å². The number of carbonyl (C=O) groups excluding carboxylic acids is 2. The molecule has 1 aliphatic rings. The van der Waals surface area contributed by atoms with Gasteiger partial charge in [0.05, 0.1) is 5.54 Å². The molecule has 0 spiro atoms. The first-order valence-electron chi connectivity index (χ1n) is 6.21. The summed E-state index contributed by atoms with van der Waals surface area (Å²) in [5.41, 5.74) is 10.5. The lowest BCUT2D eigenvalue weighted by molar-refractivity contribution is -0.129. The number of hydrogen-bond donors (Lipinski definition) is 3. The van der Waals surface area contributed by atoms with Gasteiger partial charge < -0.3 is 16.8 Å². The second-order valence-electron chi connectivity index (χ2n) is 5.40. The van der Waals surface area contributed by atoms with Crippen LogP contribution in [-0.4, -0.2) is 23.4 Å². The molecule has 0 heterocycles. The lowest BCUT2D eigenvalue weighted by Gasteiger charge is -2.36. The van der Waals surface area contributed by atoms with Gasteiger partial charge in [-0.1, -0.05) is 19.8 Å². The molecule has 1 fully saturated rings. The molecule has 5 heteroatoms. The van der Waals surface area contributed by atoms with E-state index in [-0.39, 0.29) is 18.4 Å². The predicted octanol–water partition coefficient (Wildman–Crippen LogP) is 0.274. The van der Waals surface area contributed by atoms with Crippen LogP contribution in [0, 0.1) is 5.92 Å². The number of nitrogens with two attached hydrogens (primary N) is 2. The highest BCUT2D eigenvalue weighted by Crippen LogP contribution is 2.30. The first-order chi connectivity index (χ1) is 7.83. The van der Waals surface area contributed by atoms with E-state index in [2.05, 4.69) is 12.2 Å². The zero-order valence-corrected chi connectivity index (χ0v) is 10.7. The van der Waals surface area contributed by atoms with Crippen molar-refractivity contribution in [3.8, 4) is 0 Å². The van der Waals surface area contributed by atoms with Gasteiger partial charge in [0.15, 0.2) is 0 Å². The quantitative estimate of drug-likeness (QED) is 0.659. The summed E-state index contributed by atoms with van der Waals surface area (Å²) in [6.45, 7) is 3.87. The molecule has 0 radical (unpaired) electrons. The van der Waals surface area contributed by atoms with Crippen molar-refractivity contribution in [1.29, 1.82) is 0 Å². The van der Waals surface area contributed by atoms with Crippen molar-refractivity contribution in [1.82, 2.24) is 5.32 Å². The standard InChI is InChI=1S/C12H23N3O2/c1-8-4-3-5-12(14,7-8)11(17)15-9(2)6-10(13)16/h8-9H,3-7,14H2,1-2H3,(H2,13,16)(H,15,17). The van der Waals surface area contributed by atoms with Crippen LogP contribution >= 0.6 is 0 Å². The third-order valence-corrected chi connectivity index (χ3v) is 3.37. The molecule has 0 saturated heterocycles. The second-order valence-corrected chi connectivity index (χ2v) is 5.40. The average Bonchev–Trinajstić information content (AvgIpc) is 2.15. The van der Waals surface area contributed by atoms with Crippen LogP contribution in [0.4, 0.5) is 0 Å². The fourth-order valence-corrected chi connectivity index (χ4v) is 2.52. The molecule has 5 nitrogen and oxygen atoms in total. The Bertz CT molecular complexity index is 306. The van der Waals surface area contributed by atoms with E-state index in [1.807, 2.05) is 0 Å². The number of hydrogen-bond acceptors (Lipinski definition) is 3. The van der Waals surface area contributed by atoms with Crippen LogP contribution in [0.2, 0.25) is 0 Å². The highest BCUT2D eigenvalue weighted by Gasteiger charge is 2.38. The van der Waals surface area contributed by atoms with Gasteiger partial charge >= 0.3 is 0 Å². The maximum Gasteiger partial charge on any atom is 0.240 e. The molecular weight excluding hydrogens is 218 g/mol. The minimum atomic E-state index is -0.774. The molecule has 1 saturated carbocycles. The Labute approximate surface area is 102 Å². The molecule has 17 heavy (non-hydrogen) atoms. The lowest BCUT2D eigenvalue weighted by Crippen LogP contribution is -2.58. The van der Waals surface area contributed by atoms with Crippen molar-refractivity contribution < 1.29 is 9.59 Å². The fraction of sp³-hybridized carbons (Fsp3) is 0.833. The summed E-state index contributed by atoms with van der Waals surface area (Å²) in [4.78, 5) is 22.8. The van der Waals surface area contributed by atoms with E-state index in [9.17, 15) is 9.59 Å². The third-order valence-electron chi connectivity index (χ3n) is 3.37. The maximum atomic E-state index is 12.1. The summed E-state index contributed by atoms with van der Waals surface area (Å²) in [5, 5.41) is 2.78. The van der Waals surface area contributed by atoms with E-state index >= 15 is 0 Å². The van der Waals surface area contributed by atoms with Crippen molar-refractivity contribution in [2.45, 2.75) is 57.5 Å². The molecule has 2 amide bonds. The number of nitrogens with one attached hydrogen (secondary N) is 1. The van der Waals surface area contributed by atoms with Crippen LogP contribution in [-0.2, 0) is 9.59 Å². The van der Waals surface area contributed by atoms with Crippen molar-refractivity contribution in [2.75, 3.05) is 0 Å². The van der Waals surface area contributed by atoms with Crippen LogP contribution in [0.25, 0.3) is 0 Å². The summed E-state index contributed by atoms with van der Waals surface area (Å²) in [6.07, 6.45) is 3.68. The number of primary amides is 1. The summed E-state index contributed by atoms with van der Waals surface area (Å²) in [5.74, 6) is -0.0929. The van der Waals surface area contributed by atoms with Gasteiger partial charge in [-0.25, -0.2) is 0 Å². The van der Waals surface area contributed by atoms with E-state index in [1.165, 1.54) is 0 Å². The molecule has 98 valence electrons. The molecule has 0 aliphatic heterocycles. The predicted molar refractivity (Wildman–Crippen MR) is 66.0 cm³/mol. The molecular formula is C12H23N3O2. The average molecular weight is 241 g/mol. The normalized spacial score (nSPS) is 30.6. The van der Waals surface area contributed by atoms with E-state index in [4.69, 9.17) is 11.5 Å². The van der Waals surface area contributed by atoms with Crippen molar-refractivity contribution >= 4 is 11.8 Å². The van der Waals surface area contributed by atoms with E-state index in [1.54, 1.807) is 6.92 Å². The van der Waals surface area contributed by atoms with Crippen LogP contribution in [0.5, 0.6) is 0 Å². The maximum absolute atomic E-state index is 12.1. The Morgan fingerprint density at radius 1 is 1.53 bits per heavy atom. The third kappa shape index (κ3) is 4.00. The monoisotopic (exact) mass is 241 g/mol. The largest absolute Gasteiger partial charge is 0.370 e. The van der Waals surface area contributed by atoms with Crippen LogP contribution in [0.3, 0.4) is 0 Å². The molecule has 0 aromatic heterocycles. The molecule has 5 N–H and O–H groups in total. The summed E-state index contributed by atoms with van der Waals surface area (Å²) in [6, 6.07) is -0.252. The Hall–Kier alpha value is -1.10. The molecule has 3 atom stereocenters. The minimum absolute atomic E-state index is 0.150.